The molecule has 0 aromatic rings. The lowest BCUT2D eigenvalue weighted by atomic mass is 9.77. The van der Waals surface area contributed by atoms with Gasteiger partial charge in [0.2, 0.25) is 0 Å². The van der Waals surface area contributed by atoms with E-state index in [1.165, 1.54) is 17.9 Å². The lowest BCUT2D eigenvalue weighted by Crippen LogP contribution is -2.54. The third-order valence-corrected chi connectivity index (χ3v) is 6.53. The average Bonchev–Trinajstić information content (AvgIpc) is 3.18. The number of hydrogen-bond acceptors (Lipinski definition) is 6. The van der Waals surface area contributed by atoms with E-state index in [0.717, 1.165) is 38.8 Å². The number of nitrogens with zero attached hydrogens (tertiary/aromatic N) is 2. The predicted octanol–water partition coefficient (Wildman–Crippen LogP) is 1.00. The van der Waals surface area contributed by atoms with Crippen molar-refractivity contribution in [3.63, 3.8) is 0 Å². The molecule has 1 unspecified atom stereocenters. The highest BCUT2D eigenvalue weighted by Gasteiger charge is 2.49. The Morgan fingerprint density at radius 3 is 2.84 bits per heavy atom. The van der Waals surface area contributed by atoms with Gasteiger partial charge >= 0.3 is 6.03 Å². The van der Waals surface area contributed by atoms with Crippen molar-refractivity contribution in [1.29, 1.82) is 0 Å². The third kappa shape index (κ3) is 3.01. The molecule has 4 rings (SSSR count). The second-order valence-electron chi connectivity index (χ2n) is 7.70. The number of fused-ring (bicyclic) bond motifs is 2. The number of hydrogen-bond donors (Lipinski definition) is 3. The van der Waals surface area contributed by atoms with Gasteiger partial charge in [-0.2, -0.15) is 5.06 Å². The molecule has 2 N–H and O–H groups in total. The fourth-order valence-electron chi connectivity index (χ4n) is 4.96. The van der Waals surface area contributed by atoms with Crippen LogP contribution in [-0.2, 0) is 13.9 Å². The first kappa shape index (κ1) is 17.4. The molecule has 1 aliphatic carbocycles. The first-order valence-electron chi connectivity index (χ1n) is 9.22. The molecular formula is C16H26N4O4S. The highest BCUT2D eigenvalue weighted by molar-refractivity contribution is 7.75. The maximum absolute atomic E-state index is 12.6. The molecule has 0 radical (unpaired) electrons. The number of rotatable bonds is 4. The summed E-state index contributed by atoms with van der Waals surface area (Å²) in [4.78, 5) is 32.4. The molecule has 2 bridgehead atoms. The number of carbonyl (C=O) groups excluding carboxylic acids is 2. The van der Waals surface area contributed by atoms with Crippen LogP contribution in [-0.4, -0.2) is 59.7 Å². The topological polar surface area (TPSA) is 83.1 Å². The van der Waals surface area contributed by atoms with Gasteiger partial charge in [0.1, 0.15) is 6.04 Å². The van der Waals surface area contributed by atoms with Crippen LogP contribution in [0.2, 0.25) is 0 Å². The maximum atomic E-state index is 12.6. The van der Waals surface area contributed by atoms with E-state index in [1.807, 2.05) is 0 Å². The summed E-state index contributed by atoms with van der Waals surface area (Å²) >= 11 is 3.74. The third-order valence-electron chi connectivity index (χ3n) is 6.36. The molecule has 3 saturated heterocycles. The Balaban J connectivity index is 1.37. The van der Waals surface area contributed by atoms with Crippen LogP contribution < -0.4 is 10.8 Å². The van der Waals surface area contributed by atoms with Gasteiger partial charge in [0.05, 0.1) is 12.1 Å². The summed E-state index contributed by atoms with van der Waals surface area (Å²) in [6.07, 6.45) is 7.01. The number of carbonyl (C=O) groups is 2. The quantitative estimate of drug-likeness (QED) is 0.391. The largest absolute Gasteiger partial charge is 0.345 e. The zero-order chi connectivity index (χ0) is 17.4. The van der Waals surface area contributed by atoms with Gasteiger partial charge in [-0.25, -0.2) is 14.6 Å². The van der Waals surface area contributed by atoms with Crippen LogP contribution in [0.15, 0.2) is 0 Å². The normalized spacial score (nSPS) is 34.0. The van der Waals surface area contributed by atoms with Gasteiger partial charge in [-0.15, -0.1) is 0 Å². The average molecular weight is 370 g/mol. The summed E-state index contributed by atoms with van der Waals surface area (Å²) in [5.41, 5.74) is 2.81. The molecule has 140 valence electrons. The monoisotopic (exact) mass is 370 g/mol. The summed E-state index contributed by atoms with van der Waals surface area (Å²) in [6, 6.07) is -0.827. The lowest BCUT2D eigenvalue weighted by Gasteiger charge is -2.41. The fourth-order valence-corrected chi connectivity index (χ4v) is 5.16. The highest BCUT2D eigenvalue weighted by atomic mass is 32.1. The number of urea groups is 1. The molecule has 0 aromatic heterocycles. The molecule has 3 amide bonds. The van der Waals surface area contributed by atoms with Crippen LogP contribution >= 0.6 is 12.9 Å². The van der Waals surface area contributed by atoms with Gasteiger partial charge < -0.3 is 10.2 Å². The van der Waals surface area contributed by atoms with E-state index in [2.05, 4.69) is 23.7 Å². The first-order chi connectivity index (χ1) is 12.1. The maximum Gasteiger partial charge on any atom is 0.345 e. The van der Waals surface area contributed by atoms with Gasteiger partial charge in [0, 0.05) is 31.4 Å². The molecule has 1 saturated carbocycles. The van der Waals surface area contributed by atoms with E-state index in [-0.39, 0.29) is 29.5 Å². The van der Waals surface area contributed by atoms with Crippen LogP contribution in [0.1, 0.15) is 44.9 Å². The lowest BCUT2D eigenvalue weighted by molar-refractivity contribution is -0.155. The van der Waals surface area contributed by atoms with Gasteiger partial charge in [0.15, 0.2) is 0 Å². The standard InChI is InChI=1S/C16H26N4O4S/c21-14(12-4-3-11-9-19(12)15(22)20(11)24-25)18-23-13-5-8-17-10-16(13)6-1-2-7-16/h11-13,17,25H,1-10H2,(H,18,21)/t11-,12+,13?/m1/s1. The zero-order valence-corrected chi connectivity index (χ0v) is 15.2. The zero-order valence-electron chi connectivity index (χ0n) is 14.3. The summed E-state index contributed by atoms with van der Waals surface area (Å²) < 4.78 is 4.85. The number of hydroxylamine groups is 3. The molecule has 1 spiro atoms. The van der Waals surface area contributed by atoms with E-state index in [9.17, 15) is 9.59 Å². The van der Waals surface area contributed by atoms with Gasteiger partial charge in [0.25, 0.3) is 5.91 Å². The molecule has 4 aliphatic rings. The molecule has 25 heavy (non-hydrogen) atoms. The Morgan fingerprint density at radius 2 is 2.08 bits per heavy atom. The summed E-state index contributed by atoms with van der Waals surface area (Å²) in [7, 11) is 0. The van der Waals surface area contributed by atoms with E-state index < -0.39 is 6.04 Å². The molecular weight excluding hydrogens is 344 g/mol. The molecule has 3 heterocycles. The van der Waals surface area contributed by atoms with Gasteiger partial charge in [-0.1, -0.05) is 12.8 Å². The molecule has 9 heteroatoms. The Kier molecular flexibility index (Phi) is 4.83. The minimum absolute atomic E-state index is 0.0267. The van der Waals surface area contributed by atoms with Crippen molar-refractivity contribution in [2.45, 2.75) is 63.1 Å². The predicted molar refractivity (Wildman–Crippen MR) is 92.2 cm³/mol. The second kappa shape index (κ2) is 6.94. The van der Waals surface area contributed by atoms with E-state index in [4.69, 9.17) is 9.12 Å². The van der Waals surface area contributed by atoms with Crippen LogP contribution in [0, 0.1) is 5.41 Å². The van der Waals surface area contributed by atoms with Crippen molar-refractivity contribution in [3.8, 4) is 0 Å². The van der Waals surface area contributed by atoms with E-state index in [0.29, 0.717) is 13.0 Å². The summed E-state index contributed by atoms with van der Waals surface area (Å²) in [5.74, 6) is -0.237. The molecule has 3 atom stereocenters. The van der Waals surface area contributed by atoms with Crippen LogP contribution in [0.25, 0.3) is 0 Å². The Morgan fingerprint density at radius 1 is 1.28 bits per heavy atom. The minimum atomic E-state index is -0.501. The Bertz CT molecular complexity index is 542. The van der Waals surface area contributed by atoms with Crippen LogP contribution in [0.5, 0.6) is 0 Å². The highest BCUT2D eigenvalue weighted by Crippen LogP contribution is 2.44. The fraction of sp³-hybridized carbons (Fsp3) is 0.875. The van der Waals surface area contributed by atoms with Gasteiger partial charge in [-0.3, -0.25) is 9.63 Å². The van der Waals surface area contributed by atoms with Crippen molar-refractivity contribution in [2.75, 3.05) is 19.6 Å². The summed E-state index contributed by atoms with van der Waals surface area (Å²) in [6.45, 7) is 2.36. The second-order valence-corrected chi connectivity index (χ2v) is 7.86. The SMILES string of the molecule is O=C(NOC1CCNCC12CCCC2)[C@@H]1CC[C@@H]2CN1C(=O)N2OS. The Hall–Kier alpha value is -1.03. The van der Waals surface area contributed by atoms with E-state index in [1.54, 1.807) is 4.90 Å². The van der Waals surface area contributed by atoms with Crippen molar-refractivity contribution in [2.24, 2.45) is 5.41 Å². The molecule has 0 aromatic carbocycles. The number of thiol groups is 1. The first-order valence-corrected chi connectivity index (χ1v) is 9.59. The molecule has 4 fully saturated rings. The van der Waals surface area contributed by atoms with Crippen molar-refractivity contribution >= 4 is 24.8 Å². The Labute approximate surface area is 153 Å². The number of amides is 3. The number of piperidine rings is 2. The van der Waals surface area contributed by atoms with Gasteiger partial charge in [-0.05, 0) is 38.6 Å². The van der Waals surface area contributed by atoms with Crippen LogP contribution in [0.3, 0.4) is 0 Å². The van der Waals surface area contributed by atoms with Crippen molar-refractivity contribution < 1.29 is 18.7 Å². The molecule has 8 nitrogen and oxygen atoms in total. The van der Waals surface area contributed by atoms with Crippen molar-refractivity contribution in [1.82, 2.24) is 20.8 Å². The summed E-state index contributed by atoms with van der Waals surface area (Å²) in [5, 5.41) is 4.71. The van der Waals surface area contributed by atoms with E-state index >= 15 is 0 Å². The van der Waals surface area contributed by atoms with Crippen molar-refractivity contribution in [3.05, 3.63) is 0 Å². The minimum Gasteiger partial charge on any atom is -0.316 e. The molecule has 3 aliphatic heterocycles. The number of nitrogens with one attached hydrogen (secondary N) is 2. The smallest absolute Gasteiger partial charge is 0.316 e. The van der Waals surface area contributed by atoms with Crippen LogP contribution in [0.4, 0.5) is 4.79 Å².